The maximum atomic E-state index is 12.1. The van der Waals surface area contributed by atoms with E-state index in [1.807, 2.05) is 24.3 Å². The number of halogens is 1. The minimum absolute atomic E-state index is 0.403. The molecular weight excluding hydrogens is 356 g/mol. The molecule has 0 saturated carbocycles. The molecule has 1 aromatic carbocycles. The van der Waals surface area contributed by atoms with Crippen LogP contribution < -0.4 is 5.73 Å². The highest BCUT2D eigenvalue weighted by atomic mass is 35.5. The number of ether oxygens (including phenoxy) is 1. The topological polar surface area (TPSA) is 65.2 Å². The highest BCUT2D eigenvalue weighted by molar-refractivity contribution is 7.21. The molecule has 4 nitrogen and oxygen atoms in total. The molecule has 0 bridgehead atoms. The number of rotatable bonds is 2. The van der Waals surface area contributed by atoms with Gasteiger partial charge in [0.25, 0.3) is 0 Å². The van der Waals surface area contributed by atoms with Gasteiger partial charge in [-0.25, -0.2) is 9.78 Å². The normalized spacial score (nSPS) is 13.7. The lowest BCUT2D eigenvalue weighted by molar-refractivity contribution is 0.0607. The van der Waals surface area contributed by atoms with E-state index < -0.39 is 5.97 Å². The Balaban J connectivity index is 2.12. The Labute approximate surface area is 154 Å². The highest BCUT2D eigenvalue weighted by Gasteiger charge is 2.26. The lowest BCUT2D eigenvalue weighted by atomic mass is 9.87. The van der Waals surface area contributed by atoms with Crippen LogP contribution in [0, 0.1) is 0 Å². The summed E-state index contributed by atoms with van der Waals surface area (Å²) >= 11 is 7.79. The fourth-order valence-electron chi connectivity index (χ4n) is 3.51. The van der Waals surface area contributed by atoms with Crippen molar-refractivity contribution in [3.63, 3.8) is 0 Å². The number of hydrogen-bond donors (Lipinski definition) is 1. The number of fused-ring (bicyclic) bond motifs is 2. The molecule has 25 heavy (non-hydrogen) atoms. The molecule has 3 aromatic rings. The van der Waals surface area contributed by atoms with Gasteiger partial charge < -0.3 is 10.5 Å². The van der Waals surface area contributed by atoms with E-state index in [1.54, 1.807) is 0 Å². The molecule has 6 heteroatoms. The minimum atomic E-state index is -0.427. The maximum absolute atomic E-state index is 12.1. The van der Waals surface area contributed by atoms with Crippen LogP contribution in [-0.4, -0.2) is 18.1 Å². The molecule has 0 spiro atoms. The standard InChI is InChI=1S/C19H17ClN2O2S/c1-24-19(23)17-16(21)15-14(10-6-2-4-8-12(10)20)11-7-3-5-9-13(11)22-18(15)25-17/h2,4,6,8H,3,5,7,9,21H2,1H3. The molecule has 4 rings (SSSR count). The van der Waals surface area contributed by atoms with Crippen molar-refractivity contribution in [3.05, 3.63) is 45.4 Å². The second kappa shape index (κ2) is 6.32. The van der Waals surface area contributed by atoms with Crippen molar-refractivity contribution in [3.8, 4) is 11.1 Å². The van der Waals surface area contributed by atoms with E-state index >= 15 is 0 Å². The molecule has 0 radical (unpaired) electrons. The first-order valence-electron chi connectivity index (χ1n) is 8.18. The van der Waals surface area contributed by atoms with Crippen LogP contribution >= 0.6 is 22.9 Å². The van der Waals surface area contributed by atoms with Crippen molar-refractivity contribution in [1.29, 1.82) is 0 Å². The van der Waals surface area contributed by atoms with Gasteiger partial charge in [-0.1, -0.05) is 29.8 Å². The summed E-state index contributed by atoms with van der Waals surface area (Å²) in [6.07, 6.45) is 4.12. The molecule has 2 aromatic heterocycles. The monoisotopic (exact) mass is 372 g/mol. The van der Waals surface area contributed by atoms with Gasteiger partial charge >= 0.3 is 5.97 Å². The number of nitrogen functional groups attached to an aromatic ring is 1. The Bertz CT molecular complexity index is 997. The minimum Gasteiger partial charge on any atom is -0.465 e. The number of esters is 1. The van der Waals surface area contributed by atoms with Crippen molar-refractivity contribution in [2.45, 2.75) is 25.7 Å². The number of hydrogen-bond acceptors (Lipinski definition) is 5. The third-order valence-corrected chi connectivity index (χ3v) is 6.08. The van der Waals surface area contributed by atoms with E-state index in [9.17, 15) is 4.79 Å². The summed E-state index contributed by atoms with van der Waals surface area (Å²) in [6.45, 7) is 0. The Kier molecular flexibility index (Phi) is 4.13. The number of pyridine rings is 1. The van der Waals surface area contributed by atoms with E-state index in [0.29, 0.717) is 15.6 Å². The van der Waals surface area contributed by atoms with Crippen molar-refractivity contribution >= 4 is 44.8 Å². The Morgan fingerprint density at radius 2 is 2.04 bits per heavy atom. The Morgan fingerprint density at radius 3 is 2.80 bits per heavy atom. The smallest absolute Gasteiger partial charge is 0.350 e. The van der Waals surface area contributed by atoms with E-state index in [-0.39, 0.29) is 0 Å². The number of thiophene rings is 1. The molecule has 0 atom stereocenters. The SMILES string of the molecule is COC(=O)c1sc2nc3c(c(-c4ccccc4Cl)c2c1N)CCCC3. The number of benzene rings is 1. The van der Waals surface area contributed by atoms with Crippen LogP contribution in [0.25, 0.3) is 21.3 Å². The number of carbonyl (C=O) groups excluding carboxylic acids is 1. The molecule has 0 unspecified atom stereocenters. The number of nitrogens with two attached hydrogens (primary N) is 1. The third-order valence-electron chi connectivity index (χ3n) is 4.67. The number of aryl methyl sites for hydroxylation is 1. The lowest BCUT2D eigenvalue weighted by Crippen LogP contribution is -2.08. The molecule has 2 N–H and O–H groups in total. The molecule has 0 fully saturated rings. The molecule has 0 aliphatic heterocycles. The van der Waals surface area contributed by atoms with Crippen LogP contribution in [0.3, 0.4) is 0 Å². The molecule has 128 valence electrons. The first-order chi connectivity index (χ1) is 12.1. The van der Waals surface area contributed by atoms with Gasteiger partial charge in [-0.05, 0) is 37.3 Å². The van der Waals surface area contributed by atoms with Gasteiger partial charge in [0.05, 0.1) is 12.8 Å². The number of carbonyl (C=O) groups is 1. The summed E-state index contributed by atoms with van der Waals surface area (Å²) in [5, 5.41) is 1.49. The van der Waals surface area contributed by atoms with Gasteiger partial charge in [-0.2, -0.15) is 0 Å². The number of anilines is 1. The zero-order chi connectivity index (χ0) is 17.6. The molecule has 1 aliphatic carbocycles. The second-order valence-electron chi connectivity index (χ2n) is 6.12. The van der Waals surface area contributed by atoms with Crippen molar-refractivity contribution < 1.29 is 9.53 Å². The summed E-state index contributed by atoms with van der Waals surface area (Å²) < 4.78 is 4.88. The largest absolute Gasteiger partial charge is 0.465 e. The Morgan fingerprint density at radius 1 is 1.28 bits per heavy atom. The van der Waals surface area contributed by atoms with Crippen LogP contribution in [-0.2, 0) is 17.6 Å². The summed E-state index contributed by atoms with van der Waals surface area (Å²) in [7, 11) is 1.36. The Hall–Kier alpha value is -2.11. The van der Waals surface area contributed by atoms with Crippen molar-refractivity contribution in [2.24, 2.45) is 0 Å². The number of methoxy groups -OCH3 is 1. The quantitative estimate of drug-likeness (QED) is 0.652. The summed E-state index contributed by atoms with van der Waals surface area (Å²) in [6, 6.07) is 7.75. The molecular formula is C19H17ClN2O2S. The first kappa shape index (κ1) is 16.4. The van der Waals surface area contributed by atoms with E-state index in [4.69, 9.17) is 27.1 Å². The first-order valence-corrected chi connectivity index (χ1v) is 9.38. The maximum Gasteiger partial charge on any atom is 0.350 e. The van der Waals surface area contributed by atoms with Gasteiger partial charge in [0.2, 0.25) is 0 Å². The molecule has 0 saturated heterocycles. The second-order valence-corrected chi connectivity index (χ2v) is 7.52. The number of nitrogens with zero attached hydrogens (tertiary/aromatic N) is 1. The molecule has 0 amide bonds. The average molecular weight is 373 g/mol. The number of aromatic nitrogens is 1. The van der Waals surface area contributed by atoms with Gasteiger partial charge in [0, 0.05) is 27.2 Å². The summed E-state index contributed by atoms with van der Waals surface area (Å²) in [5.41, 5.74) is 11.0. The predicted molar refractivity (Wildman–Crippen MR) is 102 cm³/mol. The third kappa shape index (κ3) is 2.58. The zero-order valence-corrected chi connectivity index (χ0v) is 15.3. The van der Waals surface area contributed by atoms with Gasteiger partial charge in [0.1, 0.15) is 9.71 Å². The van der Waals surface area contributed by atoms with Crippen LogP contribution in [0.5, 0.6) is 0 Å². The van der Waals surface area contributed by atoms with Crippen molar-refractivity contribution in [1.82, 2.24) is 4.98 Å². The fraction of sp³-hybridized carbons (Fsp3) is 0.263. The van der Waals surface area contributed by atoms with Gasteiger partial charge in [-0.3, -0.25) is 0 Å². The highest BCUT2D eigenvalue weighted by Crippen LogP contribution is 2.45. The van der Waals surface area contributed by atoms with E-state index in [2.05, 4.69) is 0 Å². The summed E-state index contributed by atoms with van der Waals surface area (Å²) in [5.74, 6) is -0.427. The van der Waals surface area contributed by atoms with Crippen LogP contribution in [0.15, 0.2) is 24.3 Å². The average Bonchev–Trinajstić information content (AvgIpc) is 2.96. The lowest BCUT2D eigenvalue weighted by Gasteiger charge is -2.20. The van der Waals surface area contributed by atoms with Crippen LogP contribution in [0.2, 0.25) is 5.02 Å². The van der Waals surface area contributed by atoms with Crippen LogP contribution in [0.1, 0.15) is 33.8 Å². The predicted octanol–water partition coefficient (Wildman–Crippen LogP) is 4.86. The molecule has 2 heterocycles. The van der Waals surface area contributed by atoms with E-state index in [1.165, 1.54) is 24.0 Å². The fourth-order valence-corrected chi connectivity index (χ4v) is 4.78. The molecule has 1 aliphatic rings. The van der Waals surface area contributed by atoms with Crippen LogP contribution in [0.4, 0.5) is 5.69 Å². The van der Waals surface area contributed by atoms with Gasteiger partial charge in [-0.15, -0.1) is 11.3 Å². The zero-order valence-electron chi connectivity index (χ0n) is 13.8. The summed E-state index contributed by atoms with van der Waals surface area (Å²) in [4.78, 5) is 18.1. The van der Waals surface area contributed by atoms with Gasteiger partial charge in [0.15, 0.2) is 0 Å². The van der Waals surface area contributed by atoms with Crippen molar-refractivity contribution in [2.75, 3.05) is 12.8 Å². The van der Waals surface area contributed by atoms with E-state index in [0.717, 1.165) is 52.7 Å².